The lowest BCUT2D eigenvalue weighted by Gasteiger charge is -2.26. The lowest BCUT2D eigenvalue weighted by atomic mass is 9.98. The topological polar surface area (TPSA) is 54.8 Å². The van der Waals surface area contributed by atoms with E-state index in [9.17, 15) is 0 Å². The van der Waals surface area contributed by atoms with Gasteiger partial charge in [0.25, 0.3) is 0 Å². The summed E-state index contributed by atoms with van der Waals surface area (Å²) >= 11 is 3.09. The summed E-state index contributed by atoms with van der Waals surface area (Å²) in [5, 5.41) is 23.2. The van der Waals surface area contributed by atoms with Crippen molar-refractivity contribution in [2.75, 3.05) is 4.90 Å². The first-order valence-corrected chi connectivity index (χ1v) is 19.8. The van der Waals surface area contributed by atoms with Crippen molar-refractivity contribution in [1.29, 1.82) is 0 Å². The molecule has 0 unspecified atom stereocenters. The highest BCUT2D eigenvalue weighted by molar-refractivity contribution is 7.13. The monoisotopic (exact) mass is 741 g/mol. The van der Waals surface area contributed by atoms with E-state index in [0.29, 0.717) is 0 Å². The number of hydrogen-bond donors (Lipinski definition) is 0. The maximum Gasteiger partial charge on any atom is 0.147 e. The third kappa shape index (κ3) is 6.56. The highest BCUT2D eigenvalue weighted by atomic mass is 32.1. The van der Waals surface area contributed by atoms with Gasteiger partial charge in [0.05, 0.1) is 0 Å². The van der Waals surface area contributed by atoms with Crippen LogP contribution < -0.4 is 4.90 Å². The molecule has 7 heteroatoms. The second-order valence-corrected chi connectivity index (χ2v) is 15.0. The summed E-state index contributed by atoms with van der Waals surface area (Å²) in [5.41, 5.74) is 16.0. The van der Waals surface area contributed by atoms with Gasteiger partial charge in [-0.05, 0) is 103 Å². The molecule has 2 aromatic heterocycles. The molecule has 260 valence electrons. The molecule has 0 fully saturated rings. The summed E-state index contributed by atoms with van der Waals surface area (Å²) in [7, 11) is 0. The van der Waals surface area contributed by atoms with Crippen LogP contribution in [0.25, 0.3) is 76.1 Å². The minimum Gasteiger partial charge on any atom is -0.310 e. The maximum atomic E-state index is 4.22. The van der Waals surface area contributed by atoms with Gasteiger partial charge in [-0.2, -0.15) is 0 Å². The fourth-order valence-corrected chi connectivity index (χ4v) is 8.30. The van der Waals surface area contributed by atoms with Gasteiger partial charge in [-0.15, -0.1) is 20.4 Å². The number of hydrogen-bond acceptors (Lipinski definition) is 7. The molecular weight excluding hydrogens is 711 g/mol. The van der Waals surface area contributed by atoms with E-state index < -0.39 is 0 Å². The molecule has 10 aromatic rings. The van der Waals surface area contributed by atoms with E-state index in [1.807, 2.05) is 0 Å². The molecule has 0 saturated carbocycles. The van der Waals surface area contributed by atoms with Gasteiger partial charge in [-0.3, -0.25) is 0 Å². The predicted molar refractivity (Wildman–Crippen MR) is 230 cm³/mol. The van der Waals surface area contributed by atoms with E-state index in [0.717, 1.165) is 60.5 Å². The van der Waals surface area contributed by atoms with Gasteiger partial charge in [0.2, 0.25) is 0 Å². The molecule has 55 heavy (non-hydrogen) atoms. The Morgan fingerprint density at radius 2 is 0.673 bits per heavy atom. The van der Waals surface area contributed by atoms with Crippen LogP contribution >= 0.6 is 22.7 Å². The Balaban J connectivity index is 0.994. The molecule has 0 saturated heterocycles. The molecule has 0 radical (unpaired) electrons. The van der Waals surface area contributed by atoms with E-state index in [2.05, 4.69) is 201 Å². The lowest BCUT2D eigenvalue weighted by Crippen LogP contribution is -2.09. The largest absolute Gasteiger partial charge is 0.310 e. The van der Waals surface area contributed by atoms with Gasteiger partial charge < -0.3 is 4.90 Å². The zero-order chi connectivity index (χ0) is 36.6. The molecule has 5 nitrogen and oxygen atoms in total. The summed E-state index contributed by atoms with van der Waals surface area (Å²) in [6.07, 6.45) is 0. The van der Waals surface area contributed by atoms with Crippen LogP contribution in [0.1, 0.15) is 0 Å². The molecule has 0 atom stereocenters. The molecule has 0 aliphatic heterocycles. The number of benzene rings is 8. The average molecular weight is 742 g/mol. The Morgan fingerprint density at radius 1 is 0.309 bits per heavy atom. The summed E-state index contributed by atoms with van der Waals surface area (Å²) in [5.74, 6) is 0. The third-order valence-corrected chi connectivity index (χ3v) is 11.5. The SMILES string of the molecule is c1ccc2cc(-c3ccc4cc(N(c5ccc(-c6ccc(-c7nncs7)cc6)cc5)c5ccc(-c6ccc(-c7nncs7)cc6)cc5)ccc4c3)ccc2c1. The zero-order valence-corrected chi connectivity index (χ0v) is 31.1. The fourth-order valence-electron chi connectivity index (χ4n) is 7.18. The first-order valence-electron chi connectivity index (χ1n) is 18.0. The van der Waals surface area contributed by atoms with Crippen molar-refractivity contribution in [2.24, 2.45) is 0 Å². The molecule has 0 spiro atoms. The maximum absolute atomic E-state index is 4.22. The number of aromatic nitrogens is 4. The molecule has 0 aliphatic rings. The van der Waals surface area contributed by atoms with Crippen molar-refractivity contribution < 1.29 is 0 Å². The van der Waals surface area contributed by atoms with Crippen LogP contribution in [0.15, 0.2) is 187 Å². The molecule has 0 amide bonds. The van der Waals surface area contributed by atoms with Crippen molar-refractivity contribution in [3.63, 3.8) is 0 Å². The van der Waals surface area contributed by atoms with Crippen molar-refractivity contribution in [2.45, 2.75) is 0 Å². The van der Waals surface area contributed by atoms with E-state index in [4.69, 9.17) is 0 Å². The molecule has 8 aromatic carbocycles. The Labute approximate surface area is 326 Å². The van der Waals surface area contributed by atoms with Crippen LogP contribution in [-0.2, 0) is 0 Å². The highest BCUT2D eigenvalue weighted by Crippen LogP contribution is 2.39. The summed E-state index contributed by atoms with van der Waals surface area (Å²) in [6, 6.07) is 63.4. The van der Waals surface area contributed by atoms with Gasteiger partial charge in [-0.25, -0.2) is 0 Å². The molecule has 10 rings (SSSR count). The summed E-state index contributed by atoms with van der Waals surface area (Å²) < 4.78 is 0. The zero-order valence-electron chi connectivity index (χ0n) is 29.5. The van der Waals surface area contributed by atoms with Gasteiger partial charge in [0.1, 0.15) is 21.0 Å². The van der Waals surface area contributed by atoms with Gasteiger partial charge in [-0.1, -0.05) is 150 Å². The standard InChI is InChI=1S/C48H31N5S2/c1-2-4-39-27-40(14-9-32(39)3-1)41-15-16-43-29-46(26-21-42(43)28-41)53(44-22-17-35(18-23-44)33-5-10-37(11-6-33)47-51-49-30-54-47)45-24-19-36(20-25-45)34-7-12-38(13-8-34)48-52-50-31-55-48/h1-31H. The summed E-state index contributed by atoms with van der Waals surface area (Å²) in [6.45, 7) is 0. The molecule has 0 bridgehead atoms. The first kappa shape index (κ1) is 32.8. The van der Waals surface area contributed by atoms with E-state index in [1.165, 1.54) is 32.7 Å². The Morgan fingerprint density at radius 3 is 1.16 bits per heavy atom. The third-order valence-electron chi connectivity index (χ3n) is 10.1. The minimum absolute atomic E-state index is 0.925. The molecule has 2 heterocycles. The van der Waals surface area contributed by atoms with Crippen molar-refractivity contribution in [1.82, 2.24) is 20.4 Å². The van der Waals surface area contributed by atoms with E-state index in [-0.39, 0.29) is 0 Å². The van der Waals surface area contributed by atoms with Crippen LogP contribution in [0.3, 0.4) is 0 Å². The molecule has 0 aliphatic carbocycles. The molecular formula is C48H31N5S2. The Hall–Kier alpha value is -6.80. The van der Waals surface area contributed by atoms with Gasteiger partial charge in [0.15, 0.2) is 0 Å². The average Bonchev–Trinajstić information content (AvgIpc) is 4.01. The fraction of sp³-hybridized carbons (Fsp3) is 0. The van der Waals surface area contributed by atoms with Crippen LogP contribution in [-0.4, -0.2) is 20.4 Å². The minimum atomic E-state index is 0.925. The van der Waals surface area contributed by atoms with E-state index >= 15 is 0 Å². The quantitative estimate of drug-likeness (QED) is 0.155. The van der Waals surface area contributed by atoms with Crippen LogP contribution in [0.2, 0.25) is 0 Å². The molecule has 0 N–H and O–H groups in total. The van der Waals surface area contributed by atoms with Crippen molar-refractivity contribution in [3.8, 4) is 54.5 Å². The smallest absolute Gasteiger partial charge is 0.147 e. The Kier molecular flexibility index (Phi) is 8.48. The number of rotatable bonds is 8. The lowest BCUT2D eigenvalue weighted by molar-refractivity contribution is 1.10. The van der Waals surface area contributed by atoms with E-state index in [1.54, 1.807) is 33.7 Å². The van der Waals surface area contributed by atoms with Crippen LogP contribution in [0, 0.1) is 0 Å². The number of anilines is 3. The van der Waals surface area contributed by atoms with Crippen molar-refractivity contribution >= 4 is 61.3 Å². The van der Waals surface area contributed by atoms with Gasteiger partial charge in [0, 0.05) is 28.2 Å². The van der Waals surface area contributed by atoms with Crippen LogP contribution in [0.4, 0.5) is 17.1 Å². The second-order valence-electron chi connectivity index (χ2n) is 13.4. The second kappa shape index (κ2) is 14.2. The predicted octanol–water partition coefficient (Wildman–Crippen LogP) is 13.5. The van der Waals surface area contributed by atoms with Crippen molar-refractivity contribution in [3.05, 3.63) is 187 Å². The first-order chi connectivity index (χ1) is 27.2. The number of nitrogens with zero attached hydrogens (tertiary/aromatic N) is 5. The Bertz CT molecular complexity index is 2770. The normalized spacial score (nSPS) is 11.3. The summed E-state index contributed by atoms with van der Waals surface area (Å²) in [4.78, 5) is 2.33. The number of fused-ring (bicyclic) bond motifs is 2. The highest BCUT2D eigenvalue weighted by Gasteiger charge is 2.15. The van der Waals surface area contributed by atoms with Crippen LogP contribution in [0.5, 0.6) is 0 Å². The van der Waals surface area contributed by atoms with Gasteiger partial charge >= 0.3 is 0 Å².